The first-order valence-corrected chi connectivity index (χ1v) is 17.6. The van der Waals surface area contributed by atoms with E-state index < -0.39 is 0 Å². The number of fused-ring (bicyclic) bond motifs is 6. The molecule has 0 fully saturated rings. The average Bonchev–Trinajstić information content (AvgIpc) is 3.66. The molecular weight excluding hydrogens is 633 g/mol. The van der Waals surface area contributed by atoms with Crippen molar-refractivity contribution in [1.82, 2.24) is 4.98 Å². The van der Waals surface area contributed by atoms with E-state index in [-0.39, 0.29) is 0 Å². The minimum absolute atomic E-state index is 0.622. The fourth-order valence-electron chi connectivity index (χ4n) is 7.62. The molecule has 0 saturated carbocycles. The van der Waals surface area contributed by atoms with Crippen molar-refractivity contribution in [1.29, 1.82) is 0 Å². The maximum Gasteiger partial charge on any atom is 0.227 e. The molecule has 10 aromatic rings. The molecule has 0 bridgehead atoms. The summed E-state index contributed by atoms with van der Waals surface area (Å²) < 4.78 is 6.66. The lowest BCUT2D eigenvalue weighted by atomic mass is 9.92. The smallest absolute Gasteiger partial charge is 0.227 e. The molecule has 9 aromatic carbocycles. The third kappa shape index (κ3) is 5.10. The highest BCUT2D eigenvalue weighted by molar-refractivity contribution is 6.22. The van der Waals surface area contributed by atoms with Crippen LogP contribution in [0.1, 0.15) is 0 Å². The predicted molar refractivity (Wildman–Crippen MR) is 218 cm³/mol. The van der Waals surface area contributed by atoms with Gasteiger partial charge in [0, 0.05) is 28.0 Å². The summed E-state index contributed by atoms with van der Waals surface area (Å²) in [5, 5.41) is 6.86. The zero-order valence-electron chi connectivity index (χ0n) is 28.3. The average molecular weight is 665 g/mol. The Hall–Kier alpha value is -6.97. The molecule has 244 valence electrons. The van der Waals surface area contributed by atoms with Gasteiger partial charge in [-0.15, -0.1) is 0 Å². The summed E-state index contributed by atoms with van der Waals surface area (Å²) >= 11 is 0. The first kappa shape index (κ1) is 29.9. The first-order chi connectivity index (χ1) is 25.8. The van der Waals surface area contributed by atoms with Crippen LogP contribution in [0.15, 0.2) is 199 Å². The van der Waals surface area contributed by atoms with E-state index in [1.807, 2.05) is 30.3 Å². The number of rotatable bonds is 6. The van der Waals surface area contributed by atoms with E-state index in [1.165, 1.54) is 33.0 Å². The van der Waals surface area contributed by atoms with Crippen LogP contribution in [0, 0.1) is 0 Å². The summed E-state index contributed by atoms with van der Waals surface area (Å²) in [7, 11) is 0. The van der Waals surface area contributed by atoms with Crippen LogP contribution in [0.3, 0.4) is 0 Å². The van der Waals surface area contributed by atoms with E-state index in [0.29, 0.717) is 5.89 Å². The second-order valence-electron chi connectivity index (χ2n) is 13.2. The standard InChI is InChI=1S/C49H32N2O/c1-5-14-33(15-6-1)41-23-13-20-36-30-39(25-27-42(36)41)51(38-21-11-4-12-22-38)40-26-28-43-44(34-16-7-2-8-17-34)31-37-24-29-46-48(47(37)45(43)32-40)52-49(50-46)35-18-9-3-10-19-35/h1-32H. The van der Waals surface area contributed by atoms with E-state index in [1.54, 1.807) is 0 Å². The van der Waals surface area contributed by atoms with Crippen molar-refractivity contribution in [3.63, 3.8) is 0 Å². The summed E-state index contributed by atoms with van der Waals surface area (Å²) in [4.78, 5) is 7.31. The van der Waals surface area contributed by atoms with Crippen molar-refractivity contribution in [2.45, 2.75) is 0 Å². The minimum atomic E-state index is 0.622. The van der Waals surface area contributed by atoms with Crippen LogP contribution in [0.2, 0.25) is 0 Å². The third-order valence-electron chi connectivity index (χ3n) is 10.0. The molecule has 0 aliphatic rings. The lowest BCUT2D eigenvalue weighted by Gasteiger charge is -2.27. The molecule has 0 radical (unpaired) electrons. The van der Waals surface area contributed by atoms with Gasteiger partial charge in [0.2, 0.25) is 5.89 Å². The van der Waals surface area contributed by atoms with E-state index in [0.717, 1.165) is 55.3 Å². The van der Waals surface area contributed by atoms with Crippen LogP contribution in [0.25, 0.3) is 77.1 Å². The molecule has 0 spiro atoms. The van der Waals surface area contributed by atoms with Crippen molar-refractivity contribution in [2.24, 2.45) is 0 Å². The normalized spacial score (nSPS) is 11.5. The fraction of sp³-hybridized carbons (Fsp3) is 0. The van der Waals surface area contributed by atoms with Gasteiger partial charge in [0.15, 0.2) is 5.58 Å². The van der Waals surface area contributed by atoms with E-state index in [4.69, 9.17) is 9.40 Å². The molecule has 0 unspecified atom stereocenters. The molecule has 0 N–H and O–H groups in total. The second-order valence-corrected chi connectivity index (χ2v) is 13.2. The number of hydrogen-bond acceptors (Lipinski definition) is 3. The molecular formula is C49H32N2O. The van der Waals surface area contributed by atoms with Crippen LogP contribution in [0.4, 0.5) is 17.1 Å². The highest BCUT2D eigenvalue weighted by Gasteiger charge is 2.19. The second kappa shape index (κ2) is 12.4. The molecule has 1 heterocycles. The Bertz CT molecular complexity index is 2880. The van der Waals surface area contributed by atoms with Gasteiger partial charge in [-0.05, 0) is 110 Å². The Labute approximate surface area is 301 Å². The molecule has 10 rings (SSSR count). The van der Waals surface area contributed by atoms with Crippen LogP contribution in [-0.2, 0) is 0 Å². The Balaban J connectivity index is 1.23. The minimum Gasteiger partial charge on any atom is -0.435 e. The highest BCUT2D eigenvalue weighted by atomic mass is 16.3. The fourth-order valence-corrected chi connectivity index (χ4v) is 7.62. The number of para-hydroxylation sites is 1. The van der Waals surface area contributed by atoms with Gasteiger partial charge in [-0.3, -0.25) is 0 Å². The number of nitrogens with zero attached hydrogens (tertiary/aromatic N) is 2. The third-order valence-corrected chi connectivity index (χ3v) is 10.0. The van der Waals surface area contributed by atoms with Crippen LogP contribution < -0.4 is 4.90 Å². The Morgan fingerprint density at radius 3 is 1.71 bits per heavy atom. The van der Waals surface area contributed by atoms with Crippen LogP contribution in [-0.4, -0.2) is 4.98 Å². The molecule has 1 aromatic heterocycles. The lowest BCUT2D eigenvalue weighted by Crippen LogP contribution is -2.09. The van der Waals surface area contributed by atoms with Gasteiger partial charge in [0.1, 0.15) is 5.52 Å². The van der Waals surface area contributed by atoms with Crippen molar-refractivity contribution < 1.29 is 4.42 Å². The Morgan fingerprint density at radius 2 is 1.00 bits per heavy atom. The van der Waals surface area contributed by atoms with Crippen molar-refractivity contribution in [3.8, 4) is 33.7 Å². The molecule has 0 atom stereocenters. The SMILES string of the molecule is c1ccc(-c2nc3ccc4cc(-c5ccccc5)c5ccc(N(c6ccccc6)c6ccc7c(-c8ccccc8)cccc7c6)cc5c4c3o2)cc1. The van der Waals surface area contributed by atoms with Crippen molar-refractivity contribution in [3.05, 3.63) is 194 Å². The lowest BCUT2D eigenvalue weighted by molar-refractivity contribution is 0.623. The van der Waals surface area contributed by atoms with Gasteiger partial charge in [-0.1, -0.05) is 133 Å². The number of oxazole rings is 1. The Morgan fingerprint density at radius 1 is 0.385 bits per heavy atom. The van der Waals surface area contributed by atoms with Crippen LogP contribution in [0.5, 0.6) is 0 Å². The van der Waals surface area contributed by atoms with E-state index in [2.05, 4.69) is 169 Å². The first-order valence-electron chi connectivity index (χ1n) is 17.6. The van der Waals surface area contributed by atoms with Gasteiger partial charge >= 0.3 is 0 Å². The molecule has 52 heavy (non-hydrogen) atoms. The Kier molecular flexibility index (Phi) is 7.14. The van der Waals surface area contributed by atoms with Gasteiger partial charge in [0.25, 0.3) is 0 Å². The van der Waals surface area contributed by atoms with Gasteiger partial charge in [0.05, 0.1) is 0 Å². The number of hydrogen-bond donors (Lipinski definition) is 0. The maximum absolute atomic E-state index is 6.66. The predicted octanol–water partition coefficient (Wildman–Crippen LogP) is 13.8. The summed E-state index contributed by atoms with van der Waals surface area (Å²) in [6.45, 7) is 0. The van der Waals surface area contributed by atoms with Gasteiger partial charge in [-0.2, -0.15) is 0 Å². The van der Waals surface area contributed by atoms with Crippen molar-refractivity contribution >= 4 is 60.5 Å². The molecule has 3 nitrogen and oxygen atoms in total. The summed E-state index contributed by atoms with van der Waals surface area (Å²) in [5.41, 5.74) is 10.6. The van der Waals surface area contributed by atoms with Gasteiger partial charge in [-0.25, -0.2) is 4.98 Å². The molecule has 0 saturated heterocycles. The number of benzene rings is 9. The summed E-state index contributed by atoms with van der Waals surface area (Å²) in [5.74, 6) is 0.622. The van der Waals surface area contributed by atoms with Crippen LogP contribution >= 0.6 is 0 Å². The van der Waals surface area contributed by atoms with E-state index in [9.17, 15) is 0 Å². The quantitative estimate of drug-likeness (QED) is 0.166. The monoisotopic (exact) mass is 664 g/mol. The molecule has 0 aliphatic carbocycles. The summed E-state index contributed by atoms with van der Waals surface area (Å²) in [6.07, 6.45) is 0. The topological polar surface area (TPSA) is 29.3 Å². The number of anilines is 3. The van der Waals surface area contributed by atoms with Crippen molar-refractivity contribution in [2.75, 3.05) is 4.90 Å². The maximum atomic E-state index is 6.66. The summed E-state index contributed by atoms with van der Waals surface area (Å²) in [6, 6.07) is 68.8. The molecule has 0 amide bonds. The molecule has 3 heteroatoms. The zero-order chi connectivity index (χ0) is 34.4. The zero-order valence-corrected chi connectivity index (χ0v) is 28.3. The largest absolute Gasteiger partial charge is 0.435 e. The van der Waals surface area contributed by atoms with E-state index >= 15 is 0 Å². The molecule has 0 aliphatic heterocycles. The number of aromatic nitrogens is 1. The highest BCUT2D eigenvalue weighted by Crippen LogP contribution is 2.44. The van der Waals surface area contributed by atoms with Gasteiger partial charge < -0.3 is 9.32 Å².